The van der Waals surface area contributed by atoms with Crippen LogP contribution in [0, 0.1) is 0 Å². The minimum Gasteiger partial charge on any atom is -0.486 e. The Morgan fingerprint density at radius 1 is 1.19 bits per heavy atom. The fraction of sp³-hybridized carbons (Fsp3) is 0.316. The van der Waals surface area contributed by atoms with Crippen LogP contribution in [0.4, 0.5) is 0 Å². The van der Waals surface area contributed by atoms with Gasteiger partial charge in [-0.15, -0.1) is 0 Å². The number of hydrogen-bond acceptors (Lipinski definition) is 4. The van der Waals surface area contributed by atoms with Crippen LogP contribution in [-0.2, 0) is 11.3 Å². The topological polar surface area (TPSA) is 48.0 Å². The number of hydrogen-bond donors (Lipinski definition) is 0. The Bertz CT molecular complexity index is 797. The van der Waals surface area contributed by atoms with Gasteiger partial charge >= 0.3 is 0 Å². The van der Waals surface area contributed by atoms with E-state index in [9.17, 15) is 4.79 Å². The van der Waals surface area contributed by atoms with Crippen molar-refractivity contribution in [3.8, 4) is 17.2 Å². The highest BCUT2D eigenvalue weighted by Gasteiger charge is 2.20. The minimum absolute atomic E-state index is 0.110. The highest BCUT2D eigenvalue weighted by atomic mass is 35.5. The van der Waals surface area contributed by atoms with E-state index in [-0.39, 0.29) is 12.5 Å². The maximum absolute atomic E-state index is 12.6. The van der Waals surface area contributed by atoms with E-state index in [2.05, 4.69) is 0 Å². The number of nitrogens with zero attached hydrogens (tertiary/aromatic N) is 1. The lowest BCUT2D eigenvalue weighted by atomic mass is 10.1. The van der Waals surface area contributed by atoms with Gasteiger partial charge in [0, 0.05) is 23.7 Å². The van der Waals surface area contributed by atoms with E-state index in [1.165, 1.54) is 0 Å². The average molecular weight is 396 g/mol. The van der Waals surface area contributed by atoms with Gasteiger partial charge in [-0.2, -0.15) is 0 Å². The van der Waals surface area contributed by atoms with Gasteiger partial charge in [0.05, 0.1) is 5.02 Å². The number of carbonyl (C=O) groups is 1. The molecular weight excluding hydrogens is 377 g/mol. The molecule has 0 N–H and O–H groups in total. The van der Waals surface area contributed by atoms with Crippen molar-refractivity contribution in [2.75, 3.05) is 26.4 Å². The molecule has 0 spiro atoms. The Labute approximate surface area is 162 Å². The van der Waals surface area contributed by atoms with Crippen molar-refractivity contribution in [2.24, 2.45) is 0 Å². The van der Waals surface area contributed by atoms with Crippen LogP contribution in [0.5, 0.6) is 17.2 Å². The van der Waals surface area contributed by atoms with E-state index in [4.69, 9.17) is 37.4 Å². The Morgan fingerprint density at radius 2 is 2.00 bits per heavy atom. The maximum Gasteiger partial charge on any atom is 0.260 e. The van der Waals surface area contributed by atoms with E-state index in [0.717, 1.165) is 5.56 Å². The van der Waals surface area contributed by atoms with Gasteiger partial charge in [-0.1, -0.05) is 35.3 Å². The number of halogens is 2. The van der Waals surface area contributed by atoms with E-state index >= 15 is 0 Å². The molecule has 0 aliphatic carbocycles. The van der Waals surface area contributed by atoms with Crippen molar-refractivity contribution in [3.63, 3.8) is 0 Å². The number of rotatable bonds is 6. The molecular formula is C19H19Cl2NO4. The summed E-state index contributed by atoms with van der Waals surface area (Å²) in [7, 11) is 0. The summed E-state index contributed by atoms with van der Waals surface area (Å²) in [5, 5.41) is 0.885. The van der Waals surface area contributed by atoms with Crippen LogP contribution in [0.1, 0.15) is 12.5 Å². The fourth-order valence-electron chi connectivity index (χ4n) is 2.66. The number of benzene rings is 2. The first-order valence-electron chi connectivity index (χ1n) is 8.31. The molecule has 3 rings (SSSR count). The Balaban J connectivity index is 1.66. The monoisotopic (exact) mass is 395 g/mol. The molecule has 1 heterocycles. The van der Waals surface area contributed by atoms with Gasteiger partial charge in [-0.25, -0.2) is 0 Å². The van der Waals surface area contributed by atoms with Crippen LogP contribution in [0.3, 0.4) is 0 Å². The predicted octanol–water partition coefficient (Wildman–Crippen LogP) is 4.19. The van der Waals surface area contributed by atoms with Crippen molar-refractivity contribution >= 4 is 29.1 Å². The summed E-state index contributed by atoms with van der Waals surface area (Å²) in [5.74, 6) is 1.69. The number of ether oxygens (including phenoxy) is 3. The van der Waals surface area contributed by atoms with Gasteiger partial charge in [0.1, 0.15) is 19.0 Å². The summed E-state index contributed by atoms with van der Waals surface area (Å²) >= 11 is 11.9. The zero-order valence-corrected chi connectivity index (χ0v) is 15.8. The van der Waals surface area contributed by atoms with Crippen molar-refractivity contribution in [1.29, 1.82) is 0 Å². The number of carbonyl (C=O) groups excluding carboxylic acids is 1. The molecule has 5 nitrogen and oxygen atoms in total. The summed E-state index contributed by atoms with van der Waals surface area (Å²) in [6, 6.07) is 10.6. The lowest BCUT2D eigenvalue weighted by molar-refractivity contribution is -0.133. The summed E-state index contributed by atoms with van der Waals surface area (Å²) in [5.41, 5.74) is 0.905. The second-order valence-electron chi connectivity index (χ2n) is 5.71. The van der Waals surface area contributed by atoms with Crippen LogP contribution < -0.4 is 14.2 Å². The third-order valence-electron chi connectivity index (χ3n) is 3.99. The predicted molar refractivity (Wildman–Crippen MR) is 100 cm³/mol. The van der Waals surface area contributed by atoms with Crippen LogP contribution in [-0.4, -0.2) is 37.2 Å². The van der Waals surface area contributed by atoms with Crippen LogP contribution in [0.2, 0.25) is 10.0 Å². The van der Waals surface area contributed by atoms with Gasteiger partial charge < -0.3 is 19.1 Å². The number of fused-ring (bicyclic) bond motifs is 1. The molecule has 0 saturated heterocycles. The minimum atomic E-state index is -0.146. The third kappa shape index (κ3) is 4.34. The van der Waals surface area contributed by atoms with E-state index < -0.39 is 0 Å². The van der Waals surface area contributed by atoms with Gasteiger partial charge in [0.2, 0.25) is 0 Å². The van der Waals surface area contributed by atoms with Crippen LogP contribution in [0.25, 0.3) is 0 Å². The van der Waals surface area contributed by atoms with Gasteiger partial charge in [0.15, 0.2) is 18.1 Å². The highest BCUT2D eigenvalue weighted by Crippen LogP contribution is 2.34. The third-order valence-corrected chi connectivity index (χ3v) is 4.52. The molecule has 2 aromatic rings. The lowest BCUT2D eigenvalue weighted by Crippen LogP contribution is -2.34. The molecule has 0 bridgehead atoms. The molecule has 0 unspecified atom stereocenters. The number of para-hydroxylation sites is 1. The van der Waals surface area contributed by atoms with Gasteiger partial charge in [-0.05, 0) is 31.2 Å². The van der Waals surface area contributed by atoms with Gasteiger partial charge in [0.25, 0.3) is 5.91 Å². The lowest BCUT2D eigenvalue weighted by Gasteiger charge is -2.25. The van der Waals surface area contributed by atoms with Crippen molar-refractivity contribution in [1.82, 2.24) is 4.90 Å². The molecule has 2 aromatic carbocycles. The van der Waals surface area contributed by atoms with E-state index in [1.54, 1.807) is 23.1 Å². The number of likely N-dealkylation sites (N-methyl/N-ethyl adjacent to an activating group) is 1. The summed E-state index contributed by atoms with van der Waals surface area (Å²) < 4.78 is 16.9. The molecule has 138 valence electrons. The second-order valence-corrected chi connectivity index (χ2v) is 6.56. The maximum atomic E-state index is 12.6. The highest BCUT2D eigenvalue weighted by molar-refractivity contribution is 6.35. The summed E-state index contributed by atoms with van der Waals surface area (Å²) in [6.45, 7) is 3.80. The standard InChI is InChI=1S/C19H19Cl2NO4/c1-2-22(11-13-4-3-5-17-19(13)25-9-8-24-17)18(23)12-26-16-7-6-14(20)10-15(16)21/h3-7,10H,2,8-9,11-12H2,1H3. The number of amides is 1. The molecule has 1 aliphatic heterocycles. The molecule has 0 saturated carbocycles. The van der Waals surface area contributed by atoms with Gasteiger partial charge in [-0.3, -0.25) is 4.79 Å². The SMILES string of the molecule is CCN(Cc1cccc2c1OCCO2)C(=O)COc1ccc(Cl)cc1Cl. The Kier molecular flexibility index (Phi) is 6.12. The second kappa shape index (κ2) is 8.52. The Morgan fingerprint density at radius 3 is 2.77 bits per heavy atom. The smallest absolute Gasteiger partial charge is 0.260 e. The molecule has 0 radical (unpaired) electrons. The molecule has 26 heavy (non-hydrogen) atoms. The molecule has 1 amide bonds. The zero-order chi connectivity index (χ0) is 18.5. The quantitative estimate of drug-likeness (QED) is 0.735. The average Bonchev–Trinajstić information content (AvgIpc) is 2.65. The Hall–Kier alpha value is -2.11. The van der Waals surface area contributed by atoms with Crippen molar-refractivity contribution in [2.45, 2.75) is 13.5 Å². The van der Waals surface area contributed by atoms with Crippen LogP contribution in [0.15, 0.2) is 36.4 Å². The first-order chi connectivity index (χ1) is 12.6. The van der Waals surface area contributed by atoms with E-state index in [0.29, 0.717) is 53.6 Å². The fourth-order valence-corrected chi connectivity index (χ4v) is 3.13. The molecule has 1 aliphatic rings. The largest absolute Gasteiger partial charge is 0.486 e. The molecule has 7 heteroatoms. The van der Waals surface area contributed by atoms with Crippen molar-refractivity contribution < 1.29 is 19.0 Å². The first-order valence-corrected chi connectivity index (χ1v) is 9.07. The summed E-state index contributed by atoms with van der Waals surface area (Å²) in [6.07, 6.45) is 0. The first kappa shape index (κ1) is 18.7. The molecule has 0 fully saturated rings. The summed E-state index contributed by atoms with van der Waals surface area (Å²) in [4.78, 5) is 14.2. The van der Waals surface area contributed by atoms with Crippen LogP contribution >= 0.6 is 23.2 Å². The molecule has 0 atom stereocenters. The molecule has 0 aromatic heterocycles. The zero-order valence-electron chi connectivity index (χ0n) is 14.3. The normalized spacial score (nSPS) is 12.6. The van der Waals surface area contributed by atoms with Crippen molar-refractivity contribution in [3.05, 3.63) is 52.0 Å². The van der Waals surface area contributed by atoms with E-state index in [1.807, 2.05) is 25.1 Å².